The molecule has 0 saturated heterocycles. The van der Waals surface area contributed by atoms with Gasteiger partial charge in [-0.2, -0.15) is 13.2 Å². The molecule has 8 nitrogen and oxygen atoms in total. The molecule has 0 unspecified atom stereocenters. The number of hydrogen-bond donors (Lipinski definition) is 2. The first kappa shape index (κ1) is 23.3. The third-order valence-corrected chi connectivity index (χ3v) is 4.99. The molecule has 0 amide bonds. The molecule has 12 heteroatoms. The van der Waals surface area contributed by atoms with E-state index in [9.17, 15) is 18.0 Å². The molecule has 0 radical (unpaired) electrons. The number of nitrogens with one attached hydrogen (secondary N) is 1. The fourth-order valence-corrected chi connectivity index (χ4v) is 3.39. The molecule has 0 fully saturated rings. The maximum Gasteiger partial charge on any atom is 0.417 e. The molecule has 2 N–H and O–H groups in total. The highest BCUT2D eigenvalue weighted by atomic mass is 35.5. The molecule has 4 aromatic heterocycles. The lowest BCUT2D eigenvalue weighted by Gasteiger charge is -2.13. The fraction of sp³-hybridized carbons (Fsp3) is 0.136. The van der Waals surface area contributed by atoms with Crippen molar-refractivity contribution in [3.8, 4) is 11.4 Å². The first-order valence-electron chi connectivity index (χ1n) is 9.65. The van der Waals surface area contributed by atoms with Crippen molar-refractivity contribution in [2.45, 2.75) is 12.8 Å². The van der Waals surface area contributed by atoms with E-state index in [-0.39, 0.29) is 28.7 Å². The second-order valence-electron chi connectivity index (χ2n) is 7.08. The Morgan fingerprint density at radius 3 is 2.53 bits per heavy atom. The topological polar surface area (TPSA) is 110 Å². The molecule has 0 bridgehead atoms. The molecule has 0 aliphatic rings. The Bertz CT molecular complexity index is 1380. The summed E-state index contributed by atoms with van der Waals surface area (Å²) in [7, 11) is 1.49. The number of methoxy groups -OCH3 is 1. The summed E-state index contributed by atoms with van der Waals surface area (Å²) >= 11 is 6.22. The fourth-order valence-electron chi connectivity index (χ4n) is 3.13. The number of carbonyl (C=O) groups is 1. The van der Waals surface area contributed by atoms with Crippen LogP contribution >= 0.6 is 11.6 Å². The molecule has 4 rings (SSSR count). The molecular weight excluding hydrogens is 475 g/mol. The molecule has 34 heavy (non-hydrogen) atoms. The minimum atomic E-state index is -4.49. The van der Waals surface area contributed by atoms with Crippen LogP contribution in [0, 0.1) is 0 Å². The van der Waals surface area contributed by atoms with E-state index in [0.29, 0.717) is 28.1 Å². The summed E-state index contributed by atoms with van der Waals surface area (Å²) in [6.45, 7) is 0.156. The molecule has 4 aromatic rings. The zero-order valence-electron chi connectivity index (χ0n) is 17.4. The van der Waals surface area contributed by atoms with Crippen LogP contribution in [0.3, 0.4) is 0 Å². The number of aromatic nitrogens is 4. The van der Waals surface area contributed by atoms with Crippen LogP contribution in [0.25, 0.3) is 22.4 Å². The zero-order chi connectivity index (χ0) is 24.5. The van der Waals surface area contributed by atoms with E-state index < -0.39 is 17.7 Å². The van der Waals surface area contributed by atoms with Gasteiger partial charge in [0.1, 0.15) is 11.5 Å². The van der Waals surface area contributed by atoms with Crippen molar-refractivity contribution in [2.24, 2.45) is 0 Å². The van der Waals surface area contributed by atoms with Crippen molar-refractivity contribution < 1.29 is 27.8 Å². The van der Waals surface area contributed by atoms with E-state index in [1.165, 1.54) is 25.4 Å². The number of hydrogen-bond acceptors (Lipinski definition) is 7. The Morgan fingerprint density at radius 2 is 1.91 bits per heavy atom. The Balaban J connectivity index is 1.75. The van der Waals surface area contributed by atoms with Gasteiger partial charge in [0.05, 0.1) is 39.8 Å². The minimum Gasteiger partial charge on any atom is -0.478 e. The van der Waals surface area contributed by atoms with Gasteiger partial charge in [0.25, 0.3) is 0 Å². The summed E-state index contributed by atoms with van der Waals surface area (Å²) in [5.74, 6) is -0.965. The van der Waals surface area contributed by atoms with Crippen molar-refractivity contribution >= 4 is 40.1 Å². The van der Waals surface area contributed by atoms with Gasteiger partial charge in [0, 0.05) is 24.9 Å². The van der Waals surface area contributed by atoms with Gasteiger partial charge in [0.15, 0.2) is 5.65 Å². The Kier molecular flexibility index (Phi) is 6.31. The van der Waals surface area contributed by atoms with Crippen LogP contribution in [0.5, 0.6) is 0 Å². The molecule has 4 heterocycles. The monoisotopic (exact) mass is 489 g/mol. The van der Waals surface area contributed by atoms with Crippen LogP contribution in [0.2, 0.25) is 5.02 Å². The van der Waals surface area contributed by atoms with Crippen molar-refractivity contribution in [1.29, 1.82) is 0 Å². The first-order chi connectivity index (χ1) is 16.2. The molecule has 174 valence electrons. The van der Waals surface area contributed by atoms with E-state index in [4.69, 9.17) is 21.4 Å². The van der Waals surface area contributed by atoms with Gasteiger partial charge in [0.2, 0.25) is 0 Å². The number of rotatable bonds is 6. The van der Waals surface area contributed by atoms with Crippen molar-refractivity contribution in [3.05, 3.63) is 70.6 Å². The lowest BCUT2D eigenvalue weighted by Crippen LogP contribution is -2.06. The highest BCUT2D eigenvalue weighted by molar-refractivity contribution is 6.33. The van der Waals surface area contributed by atoms with Crippen LogP contribution in [0.1, 0.15) is 21.6 Å². The van der Waals surface area contributed by atoms with E-state index in [1.807, 2.05) is 0 Å². The van der Waals surface area contributed by atoms with Gasteiger partial charge in [-0.15, -0.1) is 0 Å². The minimum absolute atomic E-state index is 0.0643. The van der Waals surface area contributed by atoms with E-state index in [2.05, 4.69) is 25.3 Å². The third kappa shape index (κ3) is 4.90. The molecule has 0 aromatic carbocycles. The van der Waals surface area contributed by atoms with Gasteiger partial charge >= 0.3 is 12.1 Å². The Labute approximate surface area is 195 Å². The number of carboxylic acid groups (broad SMARTS) is 1. The van der Waals surface area contributed by atoms with Crippen LogP contribution in [0.4, 0.5) is 24.7 Å². The van der Waals surface area contributed by atoms with E-state index >= 15 is 0 Å². The Morgan fingerprint density at radius 1 is 1.12 bits per heavy atom. The number of nitrogens with zero attached hydrogens (tertiary/aromatic N) is 4. The van der Waals surface area contributed by atoms with Crippen molar-refractivity contribution in [1.82, 2.24) is 19.9 Å². The largest absolute Gasteiger partial charge is 0.478 e. The van der Waals surface area contributed by atoms with Crippen LogP contribution < -0.4 is 5.32 Å². The number of ether oxygens (including phenoxy) is 1. The zero-order valence-corrected chi connectivity index (χ0v) is 18.1. The number of anilines is 2. The third-order valence-electron chi connectivity index (χ3n) is 4.70. The summed E-state index contributed by atoms with van der Waals surface area (Å²) < 4.78 is 43.6. The van der Waals surface area contributed by atoms with E-state index in [0.717, 1.165) is 12.3 Å². The van der Waals surface area contributed by atoms with Crippen molar-refractivity contribution in [2.75, 3.05) is 12.4 Å². The summed E-state index contributed by atoms with van der Waals surface area (Å²) in [5, 5.41) is 12.8. The lowest BCUT2D eigenvalue weighted by molar-refractivity contribution is -0.137. The van der Waals surface area contributed by atoms with Gasteiger partial charge in [-0.3, -0.25) is 4.98 Å². The van der Waals surface area contributed by atoms with Crippen LogP contribution in [0.15, 0.2) is 48.8 Å². The number of alkyl halides is 3. The molecule has 0 aliphatic heterocycles. The second kappa shape index (κ2) is 9.20. The summed E-state index contributed by atoms with van der Waals surface area (Å²) in [6, 6.07) is 8.42. The summed E-state index contributed by atoms with van der Waals surface area (Å²) in [5.41, 5.74) is 1.01. The van der Waals surface area contributed by atoms with Crippen LogP contribution in [-0.4, -0.2) is 38.1 Å². The Hall–Kier alpha value is -3.83. The quantitative estimate of drug-likeness (QED) is 0.373. The van der Waals surface area contributed by atoms with Crippen LogP contribution in [-0.2, 0) is 17.5 Å². The van der Waals surface area contributed by atoms with Gasteiger partial charge < -0.3 is 15.2 Å². The molecule has 0 saturated carbocycles. The SMILES string of the molecule is COCc1cc(Nc2ccc(C(F)(F)F)cn2)c2ccc(-c3ncc(C(=O)O)cc3Cl)nc2n1. The summed E-state index contributed by atoms with van der Waals surface area (Å²) in [4.78, 5) is 28.0. The number of aromatic carboxylic acids is 1. The number of halogens is 4. The number of carboxylic acids is 1. The summed E-state index contributed by atoms with van der Waals surface area (Å²) in [6.07, 6.45) is -2.57. The number of pyridine rings is 4. The predicted molar refractivity (Wildman–Crippen MR) is 118 cm³/mol. The maximum atomic E-state index is 12.8. The predicted octanol–water partition coefficient (Wildman–Crippen LogP) is 5.35. The van der Waals surface area contributed by atoms with Crippen molar-refractivity contribution in [3.63, 3.8) is 0 Å². The molecule has 0 aliphatic carbocycles. The second-order valence-corrected chi connectivity index (χ2v) is 7.48. The lowest BCUT2D eigenvalue weighted by atomic mass is 10.1. The highest BCUT2D eigenvalue weighted by Gasteiger charge is 2.30. The molecular formula is C22H15ClF3N5O3. The molecule has 0 atom stereocenters. The van der Waals surface area contributed by atoms with E-state index in [1.54, 1.807) is 18.2 Å². The first-order valence-corrected chi connectivity index (χ1v) is 10.0. The normalized spacial score (nSPS) is 11.6. The highest BCUT2D eigenvalue weighted by Crippen LogP contribution is 2.32. The standard InChI is InChI=1S/C22H15ClF3N5O3/c1-34-10-13-7-17(30-18-5-2-12(9-27-18)22(24,25)26)14-3-4-16(31-20(14)29-13)19-15(23)6-11(8-28-19)21(32)33/h2-9H,10H2,1H3,(H,32,33)(H,27,29,30,31). The van der Waals surface area contributed by atoms with Gasteiger partial charge in [-0.25, -0.2) is 19.7 Å². The molecule has 0 spiro atoms. The number of fused-ring (bicyclic) bond motifs is 1. The van der Waals surface area contributed by atoms with Gasteiger partial charge in [-0.05, 0) is 36.4 Å². The van der Waals surface area contributed by atoms with Gasteiger partial charge in [-0.1, -0.05) is 11.6 Å². The average Bonchev–Trinajstić information content (AvgIpc) is 2.78. The maximum absolute atomic E-state index is 12.8. The smallest absolute Gasteiger partial charge is 0.417 e. The average molecular weight is 490 g/mol.